The van der Waals surface area contributed by atoms with Crippen LogP contribution in [0.15, 0.2) is 157 Å². The van der Waals surface area contributed by atoms with Crippen molar-refractivity contribution in [2.24, 2.45) is 0 Å². The maximum absolute atomic E-state index is 3.46. The van der Waals surface area contributed by atoms with Crippen molar-refractivity contribution in [2.75, 3.05) is 0 Å². The molecule has 1 heteroatoms. The third-order valence-corrected chi connectivity index (χ3v) is 6.60. The first-order valence-corrected chi connectivity index (χ1v) is 12.6. The molecule has 0 amide bonds. The van der Waals surface area contributed by atoms with Crippen LogP contribution in [0.3, 0.4) is 0 Å². The molecule has 0 aromatic heterocycles. The van der Waals surface area contributed by atoms with E-state index in [0.717, 1.165) is 12.8 Å². The van der Waals surface area contributed by atoms with Crippen molar-refractivity contribution in [3.63, 3.8) is 0 Å². The molecular weight excluding hydrogens is 611 g/mol. The molecular formula is C36H32Hf-4. The standard InChI is InChI=1S/2C18H15.Hf.2H/c2*1-3-9-15(10-4-1)18(17-13-7-8-14-17)16-11-5-2-6-12-16;;;/h2*1-7,9-13,18H,8H2;;;/q2*-1;;2*-1. The molecule has 0 unspecified atom stereocenters. The fraction of sp³-hybridized carbons (Fsp3) is 0.111. The summed E-state index contributed by atoms with van der Waals surface area (Å²) in [6, 6.07) is 42.6. The summed E-state index contributed by atoms with van der Waals surface area (Å²) in [5.74, 6) is 0.622. The van der Waals surface area contributed by atoms with Crippen LogP contribution in [0.4, 0.5) is 0 Å². The van der Waals surface area contributed by atoms with Crippen molar-refractivity contribution in [3.8, 4) is 0 Å². The van der Waals surface area contributed by atoms with Crippen LogP contribution in [0.5, 0.6) is 0 Å². The Morgan fingerprint density at radius 3 is 0.919 bits per heavy atom. The van der Waals surface area contributed by atoms with E-state index in [9.17, 15) is 0 Å². The number of hydrogen-bond acceptors (Lipinski definition) is 0. The molecule has 0 N–H and O–H groups in total. The molecule has 6 rings (SSSR count). The Balaban J connectivity index is 0.000000254. The van der Waals surface area contributed by atoms with Crippen LogP contribution in [0, 0.1) is 12.2 Å². The minimum Gasteiger partial charge on any atom is -1.00 e. The number of benzene rings is 4. The summed E-state index contributed by atoms with van der Waals surface area (Å²) < 4.78 is 0. The molecule has 0 bridgehead atoms. The second kappa shape index (κ2) is 13.9. The molecule has 184 valence electrons. The summed E-state index contributed by atoms with van der Waals surface area (Å²) in [4.78, 5) is 0. The molecule has 2 aliphatic carbocycles. The second-order valence-electron chi connectivity index (χ2n) is 8.99. The maximum Gasteiger partial charge on any atom is 0.000719 e. The third kappa shape index (κ3) is 6.93. The van der Waals surface area contributed by atoms with Gasteiger partial charge in [-0.1, -0.05) is 121 Å². The van der Waals surface area contributed by atoms with E-state index >= 15 is 0 Å². The van der Waals surface area contributed by atoms with Crippen molar-refractivity contribution >= 4 is 0 Å². The molecule has 0 spiro atoms. The fourth-order valence-corrected chi connectivity index (χ4v) is 4.92. The van der Waals surface area contributed by atoms with Gasteiger partial charge in [-0.2, -0.15) is 12.2 Å². The Hall–Kier alpha value is -3.29. The van der Waals surface area contributed by atoms with Crippen LogP contribution >= 0.6 is 0 Å². The van der Waals surface area contributed by atoms with Crippen LogP contribution in [0.1, 0.15) is 49.8 Å². The average molecular weight is 643 g/mol. The van der Waals surface area contributed by atoms with Crippen LogP contribution in [0.2, 0.25) is 0 Å². The molecule has 0 nitrogen and oxygen atoms in total. The Morgan fingerprint density at radius 2 is 0.703 bits per heavy atom. The molecule has 4 aromatic rings. The van der Waals surface area contributed by atoms with E-state index in [2.05, 4.69) is 158 Å². The van der Waals surface area contributed by atoms with E-state index in [-0.39, 0.29) is 28.7 Å². The zero-order valence-electron chi connectivity index (χ0n) is 22.9. The van der Waals surface area contributed by atoms with Gasteiger partial charge in [-0.25, -0.2) is 23.3 Å². The van der Waals surface area contributed by atoms with Crippen molar-refractivity contribution in [3.05, 3.63) is 191 Å². The first kappa shape index (κ1) is 26.8. The summed E-state index contributed by atoms with van der Waals surface area (Å²) in [6.45, 7) is 0. The van der Waals surface area contributed by atoms with Crippen LogP contribution in [0.25, 0.3) is 0 Å². The largest absolute Gasteiger partial charge is 1.00 e. The van der Waals surface area contributed by atoms with E-state index in [0.29, 0.717) is 11.8 Å². The van der Waals surface area contributed by atoms with Gasteiger partial charge in [0.25, 0.3) is 0 Å². The van der Waals surface area contributed by atoms with Crippen molar-refractivity contribution in [2.45, 2.75) is 24.7 Å². The van der Waals surface area contributed by atoms with E-state index in [1.165, 1.54) is 33.4 Å². The molecule has 0 atom stereocenters. The molecule has 2 aliphatic rings. The topological polar surface area (TPSA) is 0 Å². The minimum atomic E-state index is 0. The zero-order valence-corrected chi connectivity index (χ0v) is 24.5. The molecule has 0 radical (unpaired) electrons. The quantitative estimate of drug-likeness (QED) is 0.145. The summed E-state index contributed by atoms with van der Waals surface area (Å²) >= 11 is 0. The van der Waals surface area contributed by atoms with E-state index in [1.807, 2.05) is 0 Å². The summed E-state index contributed by atoms with van der Waals surface area (Å²) in [5, 5.41) is 0. The zero-order chi connectivity index (χ0) is 24.4. The predicted molar refractivity (Wildman–Crippen MR) is 153 cm³/mol. The Labute approximate surface area is 243 Å². The Morgan fingerprint density at radius 1 is 0.432 bits per heavy atom. The van der Waals surface area contributed by atoms with Crippen LogP contribution < -0.4 is 0 Å². The van der Waals surface area contributed by atoms with Crippen molar-refractivity contribution in [1.82, 2.24) is 0 Å². The van der Waals surface area contributed by atoms with Crippen molar-refractivity contribution in [1.29, 1.82) is 0 Å². The maximum atomic E-state index is 3.46. The Bertz CT molecular complexity index is 1170. The van der Waals surface area contributed by atoms with E-state index < -0.39 is 0 Å². The first-order chi connectivity index (χ1) is 17.9. The van der Waals surface area contributed by atoms with Gasteiger partial charge in [0.15, 0.2) is 0 Å². The van der Waals surface area contributed by atoms with Gasteiger partial charge in [0.1, 0.15) is 0 Å². The second-order valence-corrected chi connectivity index (χ2v) is 8.99. The summed E-state index contributed by atoms with van der Waals surface area (Å²) in [6.07, 6.45) is 17.5. The van der Waals surface area contributed by atoms with Gasteiger partial charge in [-0.3, -0.25) is 12.2 Å². The smallest absolute Gasteiger partial charge is 0.000719 e. The van der Waals surface area contributed by atoms with Gasteiger partial charge in [-0.15, -0.1) is 12.8 Å². The van der Waals surface area contributed by atoms with Gasteiger partial charge in [0, 0.05) is 37.7 Å². The van der Waals surface area contributed by atoms with Gasteiger partial charge >= 0.3 is 0 Å². The third-order valence-electron chi connectivity index (χ3n) is 6.60. The number of rotatable bonds is 6. The SMILES string of the molecule is [C-]1=C(C(c2ccccc2)c2ccccc2)C=CC1.[C-]1=C(C(c2ccccc2)c2ccccc2)C=CC1.[H-].[H-].[Hf]. The minimum absolute atomic E-state index is 0. The van der Waals surface area contributed by atoms with Gasteiger partial charge < -0.3 is 2.85 Å². The predicted octanol–water partition coefficient (Wildman–Crippen LogP) is 9.24. The van der Waals surface area contributed by atoms with Gasteiger partial charge in [0.2, 0.25) is 0 Å². The Kier molecular flexibility index (Phi) is 10.0. The molecule has 4 aromatic carbocycles. The molecule has 0 saturated heterocycles. The van der Waals surface area contributed by atoms with E-state index in [1.54, 1.807) is 0 Å². The summed E-state index contributed by atoms with van der Waals surface area (Å²) in [5.41, 5.74) is 7.89. The molecule has 0 aliphatic heterocycles. The van der Waals surface area contributed by atoms with Crippen molar-refractivity contribution < 1.29 is 28.7 Å². The normalized spacial score (nSPS) is 13.6. The first-order valence-electron chi connectivity index (χ1n) is 12.6. The molecule has 0 saturated carbocycles. The monoisotopic (exact) mass is 644 g/mol. The molecule has 37 heavy (non-hydrogen) atoms. The molecule has 0 fully saturated rings. The van der Waals surface area contributed by atoms with Crippen LogP contribution in [-0.4, -0.2) is 0 Å². The van der Waals surface area contributed by atoms with Gasteiger partial charge in [-0.05, 0) is 22.3 Å². The number of hydrogen-bond donors (Lipinski definition) is 0. The average Bonchev–Trinajstić information content (AvgIpc) is 3.68. The van der Waals surface area contributed by atoms with Gasteiger partial charge in [0.05, 0.1) is 0 Å². The van der Waals surface area contributed by atoms with Crippen LogP contribution in [-0.2, 0) is 25.8 Å². The fourth-order valence-electron chi connectivity index (χ4n) is 4.92. The number of allylic oxidation sites excluding steroid dienone is 8. The molecule has 0 heterocycles. The summed E-state index contributed by atoms with van der Waals surface area (Å²) in [7, 11) is 0. The van der Waals surface area contributed by atoms with E-state index in [4.69, 9.17) is 0 Å².